The number of aliphatic carboxylic acids is 1. The van der Waals surface area contributed by atoms with Gasteiger partial charge in [-0.05, 0) is 23.6 Å². The molecule has 0 aliphatic heterocycles. The van der Waals surface area contributed by atoms with Gasteiger partial charge in [0.15, 0.2) is 0 Å². The van der Waals surface area contributed by atoms with Crippen molar-refractivity contribution in [3.63, 3.8) is 0 Å². The van der Waals surface area contributed by atoms with Crippen LogP contribution in [0.5, 0.6) is 0 Å². The molecular formula is C14H16F3NO3. The molecule has 0 heterocycles. The summed E-state index contributed by atoms with van der Waals surface area (Å²) in [6.07, 6.45) is -4.49. The lowest BCUT2D eigenvalue weighted by atomic mass is 10.1. The van der Waals surface area contributed by atoms with Gasteiger partial charge in [-0.15, -0.1) is 0 Å². The molecule has 1 aromatic carbocycles. The molecular weight excluding hydrogens is 287 g/mol. The average Bonchev–Trinajstić information content (AvgIpc) is 2.35. The molecule has 1 atom stereocenters. The fourth-order valence-electron chi connectivity index (χ4n) is 1.72. The molecule has 0 aliphatic rings. The van der Waals surface area contributed by atoms with Crippen LogP contribution < -0.4 is 5.32 Å². The zero-order chi connectivity index (χ0) is 16.0. The van der Waals surface area contributed by atoms with Crippen LogP contribution in [0.15, 0.2) is 24.3 Å². The third kappa shape index (κ3) is 6.29. The van der Waals surface area contributed by atoms with E-state index in [0.717, 1.165) is 12.1 Å². The van der Waals surface area contributed by atoms with Gasteiger partial charge in [-0.25, -0.2) is 0 Å². The maximum absolute atomic E-state index is 12.4. The minimum absolute atomic E-state index is 0.0437. The normalized spacial score (nSPS) is 12.8. The van der Waals surface area contributed by atoms with Crippen molar-refractivity contribution in [1.82, 2.24) is 5.32 Å². The summed E-state index contributed by atoms with van der Waals surface area (Å²) in [6, 6.07) is 4.36. The van der Waals surface area contributed by atoms with Crippen LogP contribution in [0.2, 0.25) is 0 Å². The van der Waals surface area contributed by atoms with Crippen LogP contribution in [0.25, 0.3) is 0 Å². The SMILES string of the molecule is CC(CNC(=O)Cc1ccc(C(F)(F)F)cc1)CC(=O)O. The van der Waals surface area contributed by atoms with Gasteiger partial charge in [0.2, 0.25) is 5.91 Å². The second-order valence-corrected chi connectivity index (χ2v) is 4.88. The molecule has 0 saturated carbocycles. The summed E-state index contributed by atoms with van der Waals surface area (Å²) in [5.74, 6) is -1.51. The molecule has 21 heavy (non-hydrogen) atoms. The van der Waals surface area contributed by atoms with E-state index in [2.05, 4.69) is 5.32 Å². The highest BCUT2D eigenvalue weighted by Crippen LogP contribution is 2.29. The van der Waals surface area contributed by atoms with Crippen LogP contribution in [0.1, 0.15) is 24.5 Å². The van der Waals surface area contributed by atoms with Gasteiger partial charge in [-0.2, -0.15) is 13.2 Å². The first kappa shape index (κ1) is 17.0. The number of carbonyl (C=O) groups excluding carboxylic acids is 1. The highest BCUT2D eigenvalue weighted by molar-refractivity contribution is 5.78. The number of amides is 1. The van der Waals surface area contributed by atoms with E-state index in [1.165, 1.54) is 12.1 Å². The fraction of sp³-hybridized carbons (Fsp3) is 0.429. The Bertz CT molecular complexity index is 497. The van der Waals surface area contributed by atoms with Crippen molar-refractivity contribution in [3.05, 3.63) is 35.4 Å². The molecule has 0 saturated heterocycles. The zero-order valence-electron chi connectivity index (χ0n) is 11.4. The Hall–Kier alpha value is -2.05. The Morgan fingerprint density at radius 1 is 1.24 bits per heavy atom. The fourth-order valence-corrected chi connectivity index (χ4v) is 1.72. The number of hydrogen-bond donors (Lipinski definition) is 2. The van der Waals surface area contributed by atoms with Crippen LogP contribution in [-0.2, 0) is 22.2 Å². The first-order chi connectivity index (χ1) is 9.68. The molecule has 116 valence electrons. The van der Waals surface area contributed by atoms with E-state index in [4.69, 9.17) is 5.11 Å². The van der Waals surface area contributed by atoms with E-state index < -0.39 is 17.7 Å². The maximum Gasteiger partial charge on any atom is 0.416 e. The molecule has 0 bridgehead atoms. The van der Waals surface area contributed by atoms with Crippen molar-refractivity contribution in [3.8, 4) is 0 Å². The van der Waals surface area contributed by atoms with Crippen LogP contribution in [0.3, 0.4) is 0 Å². The topological polar surface area (TPSA) is 66.4 Å². The number of halogens is 3. The quantitative estimate of drug-likeness (QED) is 0.848. The summed E-state index contributed by atoms with van der Waals surface area (Å²) < 4.78 is 37.1. The molecule has 7 heteroatoms. The lowest BCUT2D eigenvalue weighted by molar-refractivity contribution is -0.138. The molecule has 0 spiro atoms. The molecule has 0 radical (unpaired) electrons. The smallest absolute Gasteiger partial charge is 0.416 e. The Morgan fingerprint density at radius 2 is 1.81 bits per heavy atom. The standard InChI is InChI=1S/C14H16F3NO3/c1-9(6-13(20)21)8-18-12(19)7-10-2-4-11(5-3-10)14(15,16)17/h2-5,9H,6-8H2,1H3,(H,18,19)(H,20,21). The summed E-state index contributed by atoms with van der Waals surface area (Å²) in [4.78, 5) is 22.1. The molecule has 1 unspecified atom stereocenters. The molecule has 0 fully saturated rings. The molecule has 2 N–H and O–H groups in total. The average molecular weight is 303 g/mol. The highest BCUT2D eigenvalue weighted by Gasteiger charge is 2.29. The minimum atomic E-state index is -4.40. The van der Waals surface area contributed by atoms with Gasteiger partial charge in [0, 0.05) is 13.0 Å². The van der Waals surface area contributed by atoms with Crippen molar-refractivity contribution in [2.24, 2.45) is 5.92 Å². The summed E-state index contributed by atoms with van der Waals surface area (Å²) in [6.45, 7) is 1.90. The van der Waals surface area contributed by atoms with E-state index in [9.17, 15) is 22.8 Å². The predicted molar refractivity (Wildman–Crippen MR) is 69.6 cm³/mol. The van der Waals surface area contributed by atoms with Crippen LogP contribution >= 0.6 is 0 Å². The Kier molecular flexibility index (Phi) is 5.75. The second-order valence-electron chi connectivity index (χ2n) is 4.88. The maximum atomic E-state index is 12.4. The first-order valence-electron chi connectivity index (χ1n) is 6.33. The van der Waals surface area contributed by atoms with E-state index >= 15 is 0 Å². The molecule has 0 aliphatic carbocycles. The van der Waals surface area contributed by atoms with Crippen molar-refractivity contribution in [2.45, 2.75) is 25.9 Å². The lowest BCUT2D eigenvalue weighted by Crippen LogP contribution is -2.30. The predicted octanol–water partition coefficient (Wildman–Crippen LogP) is 2.47. The molecule has 1 rings (SSSR count). The number of carboxylic acids is 1. The number of carboxylic acid groups (broad SMARTS) is 1. The summed E-state index contributed by atoms with van der Waals surface area (Å²) in [5.41, 5.74) is -0.298. The van der Waals surface area contributed by atoms with Gasteiger partial charge in [0.25, 0.3) is 0 Å². The Morgan fingerprint density at radius 3 is 2.29 bits per heavy atom. The van der Waals surface area contributed by atoms with Gasteiger partial charge in [-0.1, -0.05) is 19.1 Å². The zero-order valence-corrected chi connectivity index (χ0v) is 11.4. The number of benzene rings is 1. The minimum Gasteiger partial charge on any atom is -0.481 e. The first-order valence-corrected chi connectivity index (χ1v) is 6.33. The van der Waals surface area contributed by atoms with Crippen molar-refractivity contribution >= 4 is 11.9 Å². The van der Waals surface area contributed by atoms with Crippen LogP contribution in [0, 0.1) is 5.92 Å². The van der Waals surface area contributed by atoms with E-state index in [1.54, 1.807) is 6.92 Å². The van der Waals surface area contributed by atoms with Crippen LogP contribution in [0.4, 0.5) is 13.2 Å². The monoisotopic (exact) mass is 303 g/mol. The third-order valence-corrected chi connectivity index (χ3v) is 2.82. The second kappa shape index (κ2) is 7.10. The number of hydrogen-bond acceptors (Lipinski definition) is 2. The summed E-state index contributed by atoms with van der Waals surface area (Å²) >= 11 is 0. The Balaban J connectivity index is 2.46. The highest BCUT2D eigenvalue weighted by atomic mass is 19.4. The number of carbonyl (C=O) groups is 2. The molecule has 1 aromatic rings. The largest absolute Gasteiger partial charge is 0.481 e. The van der Waals surface area contributed by atoms with Gasteiger partial charge in [0.1, 0.15) is 0 Å². The summed E-state index contributed by atoms with van der Waals surface area (Å²) in [7, 11) is 0. The van der Waals surface area contributed by atoms with E-state index in [1.807, 2.05) is 0 Å². The van der Waals surface area contributed by atoms with Crippen molar-refractivity contribution in [2.75, 3.05) is 6.54 Å². The Labute approximate surface area is 120 Å². The third-order valence-electron chi connectivity index (χ3n) is 2.82. The van der Waals surface area contributed by atoms with E-state index in [0.29, 0.717) is 5.56 Å². The summed E-state index contributed by atoms with van der Waals surface area (Å²) in [5, 5.41) is 11.1. The van der Waals surface area contributed by atoms with Crippen LogP contribution in [-0.4, -0.2) is 23.5 Å². The van der Waals surface area contributed by atoms with Gasteiger partial charge < -0.3 is 10.4 Å². The van der Waals surface area contributed by atoms with E-state index in [-0.39, 0.29) is 31.2 Å². The van der Waals surface area contributed by atoms with Gasteiger partial charge >= 0.3 is 12.1 Å². The van der Waals surface area contributed by atoms with Gasteiger partial charge in [-0.3, -0.25) is 9.59 Å². The molecule has 1 amide bonds. The molecule has 0 aromatic heterocycles. The van der Waals surface area contributed by atoms with Gasteiger partial charge in [0.05, 0.1) is 12.0 Å². The number of alkyl halides is 3. The molecule has 4 nitrogen and oxygen atoms in total. The lowest BCUT2D eigenvalue weighted by Gasteiger charge is -2.11. The van der Waals surface area contributed by atoms with Crippen molar-refractivity contribution in [1.29, 1.82) is 0 Å². The number of nitrogens with one attached hydrogen (secondary N) is 1. The van der Waals surface area contributed by atoms with Crippen molar-refractivity contribution < 1.29 is 27.9 Å². The number of rotatable bonds is 6.